The van der Waals surface area contributed by atoms with E-state index in [0.717, 1.165) is 0 Å². The molecule has 0 atom stereocenters. The molecular weight excluding hydrogens is 181 g/mol. The monoisotopic (exact) mass is 184 g/mol. The highest BCUT2D eigenvalue weighted by Gasteiger charge is 1.94. The van der Waals surface area contributed by atoms with Gasteiger partial charge < -0.3 is 0 Å². The summed E-state index contributed by atoms with van der Waals surface area (Å²) in [6.07, 6.45) is 0. The Labute approximate surface area is 62.8 Å². The minimum Gasteiger partial charge on any atom is -0.234 e. The SMILES string of the molecule is Cl.Cl.[CH3][Al]([Cl])[Cl]. The Morgan fingerprint density at radius 3 is 1.17 bits per heavy atom. The fraction of sp³-hybridized carbons (Fsp3) is 1.00. The quantitative estimate of drug-likeness (QED) is 0.509. The molecule has 0 saturated carbocycles. The van der Waals surface area contributed by atoms with Crippen molar-refractivity contribution in [2.24, 2.45) is 0 Å². The lowest BCUT2D eigenvalue weighted by Crippen LogP contribution is -1.72. The zero-order valence-electron chi connectivity index (χ0n) is 3.15. The largest absolute Gasteiger partial charge is 0.516 e. The smallest absolute Gasteiger partial charge is 0.234 e. The molecule has 0 nitrogen and oxygen atoms in total. The van der Waals surface area contributed by atoms with Gasteiger partial charge in [-0.15, -0.1) is 24.8 Å². The van der Waals surface area contributed by atoms with Gasteiger partial charge >= 0.3 is 12.3 Å². The van der Waals surface area contributed by atoms with Gasteiger partial charge in [-0.2, -0.15) is 0 Å². The van der Waals surface area contributed by atoms with E-state index in [-0.39, 0.29) is 24.8 Å². The molecule has 5 heteroatoms. The summed E-state index contributed by atoms with van der Waals surface area (Å²) in [6, 6.07) is 0. The average Bonchev–Trinajstić information content (AvgIpc) is 0.811. The summed E-state index contributed by atoms with van der Waals surface area (Å²) in [6.45, 7) is 0. The van der Waals surface area contributed by atoms with Crippen LogP contribution in [0.3, 0.4) is 0 Å². The second-order valence-electron chi connectivity index (χ2n) is 0.519. The van der Waals surface area contributed by atoms with Gasteiger partial charge in [0.15, 0.2) is 0 Å². The van der Waals surface area contributed by atoms with E-state index in [9.17, 15) is 0 Å². The van der Waals surface area contributed by atoms with E-state index >= 15 is 0 Å². The van der Waals surface area contributed by atoms with Crippen molar-refractivity contribution in [3.05, 3.63) is 0 Å². The third-order valence-corrected chi connectivity index (χ3v) is 0. The van der Waals surface area contributed by atoms with Gasteiger partial charge in [0.2, 0.25) is 0 Å². The van der Waals surface area contributed by atoms with Crippen LogP contribution in [0.4, 0.5) is 0 Å². The second kappa shape index (κ2) is 9.85. The van der Waals surface area contributed by atoms with Crippen LogP contribution in [0, 0.1) is 0 Å². The molecule has 0 aromatic rings. The first kappa shape index (κ1) is 15.6. The van der Waals surface area contributed by atoms with E-state index in [1.54, 1.807) is 0 Å². The molecule has 40 valence electrons. The van der Waals surface area contributed by atoms with Gasteiger partial charge in [-0.25, -0.2) is 20.1 Å². The van der Waals surface area contributed by atoms with Crippen LogP contribution in [-0.4, -0.2) is 12.3 Å². The molecule has 0 aliphatic heterocycles. The molecule has 0 aromatic carbocycles. The van der Waals surface area contributed by atoms with E-state index in [1.165, 1.54) is 0 Å². The topological polar surface area (TPSA) is 0 Å². The molecule has 0 amide bonds. The summed E-state index contributed by atoms with van der Waals surface area (Å²) in [5, 5.41) is 0. The second-order valence-corrected chi connectivity index (χ2v) is 6.15. The van der Waals surface area contributed by atoms with E-state index in [0.29, 0.717) is 0 Å². The van der Waals surface area contributed by atoms with E-state index < -0.39 is 12.3 Å². The molecule has 0 rings (SSSR count). The predicted molar refractivity (Wildman–Crippen MR) is 37.8 cm³/mol. The third kappa shape index (κ3) is 43.8. The maximum atomic E-state index is 5.18. The van der Waals surface area contributed by atoms with Crippen molar-refractivity contribution in [1.29, 1.82) is 0 Å². The molecule has 0 aromatic heterocycles. The van der Waals surface area contributed by atoms with Crippen molar-refractivity contribution in [1.82, 2.24) is 0 Å². The van der Waals surface area contributed by atoms with Crippen molar-refractivity contribution in [2.45, 2.75) is 5.79 Å². The summed E-state index contributed by atoms with van der Waals surface area (Å²) in [5.74, 6) is 1.84. The van der Waals surface area contributed by atoms with Crippen LogP contribution < -0.4 is 0 Å². The van der Waals surface area contributed by atoms with Crippen LogP contribution in [0.15, 0.2) is 0 Å². The lowest BCUT2D eigenvalue weighted by Gasteiger charge is -1.60. The first-order valence-electron chi connectivity index (χ1n) is 1.01. The normalized spacial score (nSPS) is 4.50. The number of hydrogen-bond donors (Lipinski definition) is 0. The fourth-order valence-electron chi connectivity index (χ4n) is 0. The Balaban J connectivity index is -0.0000000450. The lowest BCUT2D eigenvalue weighted by molar-refractivity contribution is 2.34. The van der Waals surface area contributed by atoms with E-state index in [2.05, 4.69) is 0 Å². The Morgan fingerprint density at radius 2 is 1.17 bits per heavy atom. The molecule has 0 bridgehead atoms. The summed E-state index contributed by atoms with van der Waals surface area (Å²) in [4.78, 5) is 0. The van der Waals surface area contributed by atoms with Crippen LogP contribution in [0.25, 0.3) is 0 Å². The van der Waals surface area contributed by atoms with Crippen LogP contribution in [0.1, 0.15) is 0 Å². The van der Waals surface area contributed by atoms with Gasteiger partial charge in [0.05, 0.1) is 0 Å². The summed E-state index contributed by atoms with van der Waals surface area (Å²) >= 11 is -1.19. The van der Waals surface area contributed by atoms with Crippen molar-refractivity contribution < 1.29 is 0 Å². The highest BCUT2D eigenvalue weighted by Crippen LogP contribution is 1.89. The number of halogens is 4. The van der Waals surface area contributed by atoms with Crippen molar-refractivity contribution >= 4 is 57.2 Å². The Kier molecular flexibility index (Phi) is 25.7. The maximum Gasteiger partial charge on any atom is 0.516 e. The van der Waals surface area contributed by atoms with Crippen molar-refractivity contribution in [2.75, 3.05) is 0 Å². The van der Waals surface area contributed by atoms with E-state index in [1.807, 2.05) is 5.79 Å². The minimum atomic E-state index is -1.19. The van der Waals surface area contributed by atoms with Gasteiger partial charge in [0.25, 0.3) is 0 Å². The molecule has 0 unspecified atom stereocenters. The fourth-order valence-corrected chi connectivity index (χ4v) is 0. The van der Waals surface area contributed by atoms with Crippen LogP contribution >= 0.6 is 44.9 Å². The summed E-state index contributed by atoms with van der Waals surface area (Å²) < 4.78 is 0. The van der Waals surface area contributed by atoms with E-state index in [4.69, 9.17) is 20.1 Å². The van der Waals surface area contributed by atoms with Crippen LogP contribution in [-0.2, 0) is 0 Å². The van der Waals surface area contributed by atoms with Crippen molar-refractivity contribution in [3.63, 3.8) is 0 Å². The predicted octanol–water partition coefficient (Wildman–Crippen LogP) is 2.43. The molecule has 0 aliphatic carbocycles. The molecule has 0 aliphatic rings. The number of hydrogen-bond acceptors (Lipinski definition) is 0. The highest BCUT2D eigenvalue weighted by molar-refractivity contribution is 7.33. The van der Waals surface area contributed by atoms with Crippen LogP contribution in [0.2, 0.25) is 5.79 Å². The third-order valence-electron chi connectivity index (χ3n) is 0. The maximum absolute atomic E-state index is 5.18. The molecule has 0 heterocycles. The Bertz CT molecular complexity index is 12.3. The Hall–Kier alpha value is 1.69. The zero-order valence-corrected chi connectivity index (χ0v) is 7.45. The van der Waals surface area contributed by atoms with Crippen molar-refractivity contribution in [3.8, 4) is 0 Å². The van der Waals surface area contributed by atoms with Gasteiger partial charge in [-0.05, 0) is 0 Å². The first-order chi connectivity index (χ1) is 1.73. The number of rotatable bonds is 0. The summed E-state index contributed by atoms with van der Waals surface area (Å²) in [5.41, 5.74) is 0. The molecule has 0 N–H and O–H groups in total. The Morgan fingerprint density at radius 1 is 1.17 bits per heavy atom. The van der Waals surface area contributed by atoms with Gasteiger partial charge in [0, 0.05) is 0 Å². The highest BCUT2D eigenvalue weighted by atomic mass is 35.7. The minimum absolute atomic E-state index is 0. The van der Waals surface area contributed by atoms with Gasteiger partial charge in [-0.1, -0.05) is 5.79 Å². The zero-order chi connectivity index (χ0) is 3.58. The molecule has 0 fully saturated rings. The summed E-state index contributed by atoms with van der Waals surface area (Å²) in [7, 11) is 10.4. The van der Waals surface area contributed by atoms with Crippen LogP contribution in [0.5, 0.6) is 0 Å². The molecule has 0 saturated heterocycles. The molecule has 0 radical (unpaired) electrons. The van der Waals surface area contributed by atoms with Gasteiger partial charge in [0.1, 0.15) is 0 Å². The molecule has 0 spiro atoms. The average molecular weight is 186 g/mol. The van der Waals surface area contributed by atoms with Gasteiger partial charge in [-0.3, -0.25) is 0 Å². The standard InChI is InChI=1S/CH3.Al.4ClH/h1H3;;4*1H/q;+2;;;;/p-2. The first-order valence-corrected chi connectivity index (χ1v) is 5.66. The lowest BCUT2D eigenvalue weighted by atomic mass is 11.9. The molecule has 6 heavy (non-hydrogen) atoms. The molecular formula is CH5AlCl4.